The molecule has 0 spiro atoms. The van der Waals surface area contributed by atoms with Gasteiger partial charge in [0.05, 0.1) is 11.2 Å². The quantitative estimate of drug-likeness (QED) is 0.773. The zero-order valence-electron chi connectivity index (χ0n) is 11.3. The van der Waals surface area contributed by atoms with Crippen LogP contribution < -0.4 is 10.9 Å². The molecule has 3 aromatic rings. The van der Waals surface area contributed by atoms with Crippen molar-refractivity contribution in [3.8, 4) is 0 Å². The first-order valence-electron chi connectivity index (χ1n) is 6.30. The summed E-state index contributed by atoms with van der Waals surface area (Å²) in [6.07, 6.45) is 3.23. The van der Waals surface area contributed by atoms with Crippen molar-refractivity contribution in [2.24, 2.45) is 7.05 Å². The molecule has 20 heavy (non-hydrogen) atoms. The zero-order chi connectivity index (χ0) is 14.1. The lowest BCUT2D eigenvalue weighted by Crippen LogP contribution is -2.20. The molecule has 0 aliphatic carbocycles. The molecular formula is C15H14N4O. The van der Waals surface area contributed by atoms with E-state index in [1.54, 1.807) is 19.4 Å². The van der Waals surface area contributed by atoms with Crippen LogP contribution in [0.3, 0.4) is 0 Å². The minimum absolute atomic E-state index is 0.161. The van der Waals surface area contributed by atoms with Crippen molar-refractivity contribution in [2.45, 2.75) is 6.92 Å². The van der Waals surface area contributed by atoms with Gasteiger partial charge in [-0.3, -0.25) is 9.78 Å². The van der Waals surface area contributed by atoms with Crippen LogP contribution in [0.4, 0.5) is 11.5 Å². The third-order valence-corrected chi connectivity index (χ3v) is 3.11. The summed E-state index contributed by atoms with van der Waals surface area (Å²) in [5.41, 5.74) is 2.46. The maximum absolute atomic E-state index is 12.0. The van der Waals surface area contributed by atoms with Crippen LogP contribution in [0, 0.1) is 6.92 Å². The third kappa shape index (κ3) is 2.14. The Morgan fingerprint density at radius 3 is 2.90 bits per heavy atom. The fourth-order valence-electron chi connectivity index (χ4n) is 2.12. The Balaban J connectivity index is 2.15. The van der Waals surface area contributed by atoms with E-state index in [4.69, 9.17) is 0 Å². The second-order valence-corrected chi connectivity index (χ2v) is 4.65. The van der Waals surface area contributed by atoms with E-state index < -0.39 is 0 Å². The Morgan fingerprint density at radius 2 is 2.05 bits per heavy atom. The second kappa shape index (κ2) is 4.77. The van der Waals surface area contributed by atoms with Crippen LogP contribution in [0.15, 0.2) is 47.5 Å². The lowest BCUT2D eigenvalue weighted by Gasteiger charge is -2.10. The standard InChI is InChI=1S/C15H14N4O/c1-10-9-13(11-5-3-4-6-12(11)17-10)18-14-15(20)19(2)8-7-16-14/h3-9H,1-2H3,(H,16,17,18). The molecule has 3 rings (SSSR count). The van der Waals surface area contributed by atoms with Gasteiger partial charge in [0.25, 0.3) is 5.56 Å². The maximum atomic E-state index is 12.0. The molecule has 0 unspecified atom stereocenters. The van der Waals surface area contributed by atoms with Crippen LogP contribution in [0.25, 0.3) is 10.9 Å². The fourth-order valence-corrected chi connectivity index (χ4v) is 2.12. The van der Waals surface area contributed by atoms with Crippen molar-refractivity contribution in [3.05, 3.63) is 58.8 Å². The summed E-state index contributed by atoms with van der Waals surface area (Å²) < 4.78 is 1.49. The van der Waals surface area contributed by atoms with Crippen LogP contribution >= 0.6 is 0 Å². The van der Waals surface area contributed by atoms with E-state index in [9.17, 15) is 4.79 Å². The fraction of sp³-hybridized carbons (Fsp3) is 0.133. The molecule has 0 radical (unpaired) electrons. The van der Waals surface area contributed by atoms with Crippen molar-refractivity contribution in [1.82, 2.24) is 14.5 Å². The number of anilines is 2. The highest BCUT2D eigenvalue weighted by atomic mass is 16.1. The van der Waals surface area contributed by atoms with Crippen LogP contribution in [-0.2, 0) is 7.05 Å². The van der Waals surface area contributed by atoms with Gasteiger partial charge in [0.15, 0.2) is 5.82 Å². The van der Waals surface area contributed by atoms with Gasteiger partial charge in [-0.2, -0.15) is 0 Å². The minimum atomic E-state index is -0.161. The summed E-state index contributed by atoms with van der Waals surface area (Å²) in [7, 11) is 1.70. The van der Waals surface area contributed by atoms with E-state index in [2.05, 4.69) is 15.3 Å². The number of pyridine rings is 1. The van der Waals surface area contributed by atoms with Crippen LogP contribution in [-0.4, -0.2) is 14.5 Å². The van der Waals surface area contributed by atoms with Crippen molar-refractivity contribution in [1.29, 1.82) is 0 Å². The van der Waals surface area contributed by atoms with Crippen LogP contribution in [0.5, 0.6) is 0 Å². The Kier molecular flexibility index (Phi) is 2.95. The Morgan fingerprint density at radius 1 is 1.25 bits per heavy atom. The van der Waals surface area contributed by atoms with Crippen LogP contribution in [0.1, 0.15) is 5.69 Å². The Bertz CT molecular complexity index is 839. The normalized spacial score (nSPS) is 10.7. The summed E-state index contributed by atoms with van der Waals surface area (Å²) in [5, 5.41) is 4.08. The number of aryl methyl sites for hydroxylation is 2. The highest BCUT2D eigenvalue weighted by Gasteiger charge is 2.07. The first-order chi connectivity index (χ1) is 9.65. The van der Waals surface area contributed by atoms with Gasteiger partial charge in [-0.15, -0.1) is 0 Å². The van der Waals surface area contributed by atoms with E-state index in [-0.39, 0.29) is 5.56 Å². The molecule has 0 aliphatic heterocycles. The number of nitrogens with one attached hydrogen (secondary N) is 1. The van der Waals surface area contributed by atoms with Gasteiger partial charge in [-0.1, -0.05) is 18.2 Å². The first kappa shape index (κ1) is 12.3. The minimum Gasteiger partial charge on any atom is -0.335 e. The van der Waals surface area contributed by atoms with Gasteiger partial charge in [-0.05, 0) is 19.1 Å². The molecule has 0 fully saturated rings. The molecule has 1 N–H and O–H groups in total. The first-order valence-corrected chi connectivity index (χ1v) is 6.30. The van der Waals surface area contributed by atoms with E-state index in [0.29, 0.717) is 5.82 Å². The molecule has 0 saturated heterocycles. The highest BCUT2D eigenvalue weighted by Crippen LogP contribution is 2.24. The van der Waals surface area contributed by atoms with Crippen molar-refractivity contribution < 1.29 is 0 Å². The predicted molar refractivity (Wildman–Crippen MR) is 79.2 cm³/mol. The van der Waals surface area contributed by atoms with Crippen LogP contribution in [0.2, 0.25) is 0 Å². The Labute approximate surface area is 115 Å². The predicted octanol–water partition coefficient (Wildman–Crippen LogP) is 2.38. The summed E-state index contributed by atoms with van der Waals surface area (Å²) in [4.78, 5) is 20.6. The molecule has 0 aliphatic rings. The number of para-hydroxylation sites is 1. The maximum Gasteiger partial charge on any atom is 0.293 e. The molecule has 100 valence electrons. The zero-order valence-corrected chi connectivity index (χ0v) is 11.3. The summed E-state index contributed by atoms with van der Waals surface area (Å²) in [6, 6.07) is 9.72. The molecule has 0 bridgehead atoms. The molecule has 5 nitrogen and oxygen atoms in total. The van der Waals surface area contributed by atoms with E-state index >= 15 is 0 Å². The van der Waals surface area contributed by atoms with E-state index in [1.807, 2.05) is 37.3 Å². The molecule has 2 aromatic heterocycles. The third-order valence-electron chi connectivity index (χ3n) is 3.11. The van der Waals surface area contributed by atoms with Crippen molar-refractivity contribution >= 4 is 22.4 Å². The lowest BCUT2D eigenvalue weighted by molar-refractivity contribution is 0.845. The summed E-state index contributed by atoms with van der Waals surface area (Å²) in [6.45, 7) is 1.92. The lowest BCUT2D eigenvalue weighted by atomic mass is 10.1. The van der Waals surface area contributed by atoms with Crippen molar-refractivity contribution in [2.75, 3.05) is 5.32 Å². The smallest absolute Gasteiger partial charge is 0.293 e. The number of hydrogen-bond acceptors (Lipinski definition) is 4. The Hall–Kier alpha value is -2.69. The van der Waals surface area contributed by atoms with E-state index in [0.717, 1.165) is 22.3 Å². The molecule has 5 heteroatoms. The average molecular weight is 266 g/mol. The number of hydrogen-bond donors (Lipinski definition) is 1. The number of benzene rings is 1. The number of rotatable bonds is 2. The molecular weight excluding hydrogens is 252 g/mol. The average Bonchev–Trinajstić information content (AvgIpc) is 2.43. The van der Waals surface area contributed by atoms with Gasteiger partial charge in [0.1, 0.15) is 0 Å². The van der Waals surface area contributed by atoms with Gasteiger partial charge in [0.2, 0.25) is 0 Å². The van der Waals surface area contributed by atoms with Gasteiger partial charge >= 0.3 is 0 Å². The number of aromatic nitrogens is 3. The molecule has 2 heterocycles. The topological polar surface area (TPSA) is 59.8 Å². The van der Waals surface area contributed by atoms with E-state index in [1.165, 1.54) is 4.57 Å². The summed E-state index contributed by atoms with van der Waals surface area (Å²) in [5.74, 6) is 0.311. The molecule has 0 saturated carbocycles. The highest BCUT2D eigenvalue weighted by molar-refractivity contribution is 5.92. The SMILES string of the molecule is Cc1cc(Nc2nccn(C)c2=O)c2ccccc2n1. The summed E-state index contributed by atoms with van der Waals surface area (Å²) >= 11 is 0. The van der Waals surface area contributed by atoms with Gasteiger partial charge in [0, 0.05) is 30.5 Å². The molecule has 0 atom stereocenters. The number of nitrogens with zero attached hydrogens (tertiary/aromatic N) is 3. The number of fused-ring (bicyclic) bond motifs is 1. The largest absolute Gasteiger partial charge is 0.335 e. The molecule has 0 amide bonds. The monoisotopic (exact) mass is 266 g/mol. The van der Waals surface area contributed by atoms with Crippen molar-refractivity contribution in [3.63, 3.8) is 0 Å². The molecule has 1 aromatic carbocycles. The van der Waals surface area contributed by atoms with Gasteiger partial charge in [-0.25, -0.2) is 4.98 Å². The second-order valence-electron chi connectivity index (χ2n) is 4.65. The van der Waals surface area contributed by atoms with Gasteiger partial charge < -0.3 is 9.88 Å².